The predicted octanol–water partition coefficient (Wildman–Crippen LogP) is 2.75. The standard InChI is InChI=1S/C15H17F2NO3/c16-15(17)8-6-11(7-9-15)13(19)18-12(14(20)21)10-4-2-1-3-5-10/h1-5,11-12H,6-9H2,(H,18,19)(H,20,21)/t12-/m0/s1. The molecule has 2 rings (SSSR count). The van der Waals surface area contributed by atoms with Gasteiger partial charge in [0.2, 0.25) is 11.8 Å². The lowest BCUT2D eigenvalue weighted by atomic mass is 9.86. The molecule has 1 aromatic rings. The van der Waals surface area contributed by atoms with Gasteiger partial charge in [0.05, 0.1) is 0 Å². The SMILES string of the molecule is O=C(N[C@H](C(=O)O)c1ccccc1)C1CCC(F)(F)CC1. The molecule has 0 saturated heterocycles. The minimum absolute atomic E-state index is 0.0833. The van der Waals surface area contributed by atoms with Crippen LogP contribution in [0, 0.1) is 5.92 Å². The second kappa shape index (κ2) is 6.20. The first-order valence-corrected chi connectivity index (χ1v) is 6.85. The number of hydrogen-bond acceptors (Lipinski definition) is 2. The number of amides is 1. The Hall–Kier alpha value is -1.98. The fourth-order valence-corrected chi connectivity index (χ4v) is 2.50. The number of alkyl halides is 2. The maximum atomic E-state index is 13.1. The van der Waals surface area contributed by atoms with Gasteiger partial charge in [-0.1, -0.05) is 30.3 Å². The minimum Gasteiger partial charge on any atom is -0.479 e. The average Bonchev–Trinajstić information content (AvgIpc) is 2.45. The molecule has 4 nitrogen and oxygen atoms in total. The van der Waals surface area contributed by atoms with Gasteiger partial charge in [0.1, 0.15) is 0 Å². The minimum atomic E-state index is -2.71. The number of rotatable bonds is 4. The molecular weight excluding hydrogens is 280 g/mol. The fourth-order valence-electron chi connectivity index (χ4n) is 2.50. The summed E-state index contributed by atoms with van der Waals surface area (Å²) >= 11 is 0. The second-order valence-corrected chi connectivity index (χ2v) is 5.32. The highest BCUT2D eigenvalue weighted by Gasteiger charge is 2.38. The zero-order chi connectivity index (χ0) is 15.5. The van der Waals surface area contributed by atoms with Crippen molar-refractivity contribution in [3.05, 3.63) is 35.9 Å². The van der Waals surface area contributed by atoms with Crippen LogP contribution in [0.4, 0.5) is 8.78 Å². The van der Waals surface area contributed by atoms with Crippen LogP contribution in [-0.4, -0.2) is 22.9 Å². The zero-order valence-corrected chi connectivity index (χ0v) is 11.4. The van der Waals surface area contributed by atoms with Crippen LogP contribution in [0.1, 0.15) is 37.3 Å². The molecule has 1 aliphatic rings. The molecule has 2 N–H and O–H groups in total. The molecule has 0 radical (unpaired) electrons. The molecule has 1 saturated carbocycles. The molecule has 1 fully saturated rings. The highest BCUT2D eigenvalue weighted by Crippen LogP contribution is 2.36. The first kappa shape index (κ1) is 15.4. The maximum Gasteiger partial charge on any atom is 0.330 e. The normalized spacial score (nSPS) is 19.7. The Kier molecular flexibility index (Phi) is 4.55. The monoisotopic (exact) mass is 297 g/mol. The van der Waals surface area contributed by atoms with E-state index in [1.54, 1.807) is 30.3 Å². The first-order chi connectivity index (χ1) is 9.89. The van der Waals surface area contributed by atoms with Crippen molar-refractivity contribution < 1.29 is 23.5 Å². The molecule has 21 heavy (non-hydrogen) atoms. The second-order valence-electron chi connectivity index (χ2n) is 5.32. The molecule has 0 heterocycles. The molecule has 6 heteroatoms. The number of carbonyl (C=O) groups is 2. The first-order valence-electron chi connectivity index (χ1n) is 6.85. The number of carbonyl (C=O) groups excluding carboxylic acids is 1. The molecule has 114 valence electrons. The number of aliphatic carboxylic acids is 1. The Bertz CT molecular complexity index is 509. The fraction of sp³-hybridized carbons (Fsp3) is 0.467. The van der Waals surface area contributed by atoms with Crippen molar-refractivity contribution >= 4 is 11.9 Å². The Morgan fingerprint density at radius 1 is 1.19 bits per heavy atom. The summed E-state index contributed by atoms with van der Waals surface area (Å²) in [6.45, 7) is 0. The number of hydrogen-bond donors (Lipinski definition) is 2. The molecule has 1 atom stereocenters. The van der Waals surface area contributed by atoms with E-state index >= 15 is 0 Å². The van der Waals surface area contributed by atoms with Gasteiger partial charge in [0.25, 0.3) is 0 Å². The van der Waals surface area contributed by atoms with Crippen molar-refractivity contribution in [2.24, 2.45) is 5.92 Å². The topological polar surface area (TPSA) is 66.4 Å². The van der Waals surface area contributed by atoms with E-state index < -0.39 is 29.8 Å². The van der Waals surface area contributed by atoms with Gasteiger partial charge in [-0.15, -0.1) is 0 Å². The van der Waals surface area contributed by atoms with Crippen LogP contribution in [-0.2, 0) is 9.59 Å². The van der Waals surface area contributed by atoms with E-state index in [2.05, 4.69) is 5.32 Å². The van der Waals surface area contributed by atoms with Gasteiger partial charge in [-0.05, 0) is 18.4 Å². The number of halogens is 2. The van der Waals surface area contributed by atoms with Crippen molar-refractivity contribution in [3.8, 4) is 0 Å². The predicted molar refractivity (Wildman–Crippen MR) is 71.9 cm³/mol. The molecular formula is C15H17F2NO3. The molecule has 0 bridgehead atoms. The maximum absolute atomic E-state index is 13.1. The van der Waals surface area contributed by atoms with Crippen LogP contribution in [0.2, 0.25) is 0 Å². The van der Waals surface area contributed by atoms with Crippen molar-refractivity contribution in [2.45, 2.75) is 37.6 Å². The Morgan fingerprint density at radius 3 is 2.29 bits per heavy atom. The number of carboxylic acid groups (broad SMARTS) is 1. The largest absolute Gasteiger partial charge is 0.479 e. The lowest BCUT2D eigenvalue weighted by Gasteiger charge is -2.28. The third-order valence-corrected chi connectivity index (χ3v) is 3.75. The van der Waals surface area contributed by atoms with Crippen molar-refractivity contribution in [1.29, 1.82) is 0 Å². The van der Waals surface area contributed by atoms with Gasteiger partial charge in [-0.3, -0.25) is 4.79 Å². The average molecular weight is 297 g/mol. The lowest BCUT2D eigenvalue weighted by molar-refractivity contribution is -0.143. The smallest absolute Gasteiger partial charge is 0.330 e. The van der Waals surface area contributed by atoms with Crippen LogP contribution < -0.4 is 5.32 Å². The van der Waals surface area contributed by atoms with Crippen molar-refractivity contribution in [1.82, 2.24) is 5.32 Å². The van der Waals surface area contributed by atoms with E-state index in [9.17, 15) is 23.5 Å². The third kappa shape index (κ3) is 4.00. The van der Waals surface area contributed by atoms with Crippen molar-refractivity contribution in [2.75, 3.05) is 0 Å². The third-order valence-electron chi connectivity index (χ3n) is 3.75. The summed E-state index contributed by atoms with van der Waals surface area (Å²) in [7, 11) is 0. The molecule has 1 aliphatic carbocycles. The Labute approximate surface area is 121 Å². The summed E-state index contributed by atoms with van der Waals surface area (Å²) in [5, 5.41) is 11.7. The van der Waals surface area contributed by atoms with Gasteiger partial charge < -0.3 is 10.4 Å². The summed E-state index contributed by atoms with van der Waals surface area (Å²) < 4.78 is 26.1. The summed E-state index contributed by atoms with van der Waals surface area (Å²) in [5.41, 5.74) is 0.458. The summed E-state index contributed by atoms with van der Waals surface area (Å²) in [4.78, 5) is 23.4. The molecule has 0 aliphatic heterocycles. The zero-order valence-electron chi connectivity index (χ0n) is 11.4. The van der Waals surface area contributed by atoms with E-state index in [0.717, 1.165) is 0 Å². The number of benzene rings is 1. The van der Waals surface area contributed by atoms with Crippen LogP contribution >= 0.6 is 0 Å². The highest BCUT2D eigenvalue weighted by molar-refractivity contribution is 5.85. The number of carboxylic acids is 1. The van der Waals surface area contributed by atoms with Crippen LogP contribution in [0.5, 0.6) is 0 Å². The van der Waals surface area contributed by atoms with E-state index in [1.165, 1.54) is 0 Å². The molecule has 1 amide bonds. The van der Waals surface area contributed by atoms with E-state index in [4.69, 9.17) is 0 Å². The van der Waals surface area contributed by atoms with E-state index in [-0.39, 0.29) is 25.7 Å². The quantitative estimate of drug-likeness (QED) is 0.898. The molecule has 1 aromatic carbocycles. The number of nitrogens with one attached hydrogen (secondary N) is 1. The van der Waals surface area contributed by atoms with Crippen molar-refractivity contribution in [3.63, 3.8) is 0 Å². The molecule has 0 unspecified atom stereocenters. The van der Waals surface area contributed by atoms with Gasteiger partial charge >= 0.3 is 5.97 Å². The summed E-state index contributed by atoms with van der Waals surface area (Å²) in [6, 6.07) is 7.16. The van der Waals surface area contributed by atoms with Gasteiger partial charge in [0, 0.05) is 18.8 Å². The van der Waals surface area contributed by atoms with Gasteiger partial charge in [-0.2, -0.15) is 0 Å². The summed E-state index contributed by atoms with van der Waals surface area (Å²) in [5.74, 6) is -4.89. The highest BCUT2D eigenvalue weighted by atomic mass is 19.3. The van der Waals surface area contributed by atoms with Gasteiger partial charge in [0.15, 0.2) is 6.04 Å². The van der Waals surface area contributed by atoms with Crippen LogP contribution in [0.15, 0.2) is 30.3 Å². The summed E-state index contributed by atoms with van der Waals surface area (Å²) in [6.07, 6.45) is -0.484. The van der Waals surface area contributed by atoms with E-state index in [0.29, 0.717) is 5.56 Å². The Morgan fingerprint density at radius 2 is 1.76 bits per heavy atom. The molecule has 0 spiro atoms. The van der Waals surface area contributed by atoms with E-state index in [1.807, 2.05) is 0 Å². The van der Waals surface area contributed by atoms with Crippen LogP contribution in [0.3, 0.4) is 0 Å². The lowest BCUT2D eigenvalue weighted by Crippen LogP contribution is -2.40. The van der Waals surface area contributed by atoms with Gasteiger partial charge in [-0.25, -0.2) is 13.6 Å². The Balaban J connectivity index is 2.01. The molecule has 0 aromatic heterocycles. The van der Waals surface area contributed by atoms with Crippen LogP contribution in [0.25, 0.3) is 0 Å².